The second kappa shape index (κ2) is 8.29. The van der Waals surface area contributed by atoms with Crippen LogP contribution < -0.4 is 14.8 Å². The van der Waals surface area contributed by atoms with Gasteiger partial charge in [0.1, 0.15) is 5.75 Å². The lowest BCUT2D eigenvalue weighted by atomic mass is 10.1. The van der Waals surface area contributed by atoms with E-state index in [9.17, 15) is 21.6 Å². The van der Waals surface area contributed by atoms with Crippen molar-refractivity contribution in [1.82, 2.24) is 4.98 Å². The van der Waals surface area contributed by atoms with Crippen LogP contribution >= 0.6 is 11.3 Å². The number of nitrogens with one attached hydrogen (secondary N) is 2. The molecule has 29 heavy (non-hydrogen) atoms. The number of alkyl halides is 3. The SMILES string of the molecule is CS(=O)(=O)Nc1ccc(-c2csc(Nc3ccccc3OCC(F)(F)F)n2)cc1. The minimum Gasteiger partial charge on any atom is -0.482 e. The van der Waals surface area contributed by atoms with Crippen molar-refractivity contribution in [2.75, 3.05) is 22.9 Å². The first-order valence-corrected chi connectivity index (χ1v) is 11.0. The summed E-state index contributed by atoms with van der Waals surface area (Å²) >= 11 is 1.27. The van der Waals surface area contributed by atoms with Crippen molar-refractivity contribution >= 4 is 37.9 Å². The first kappa shape index (κ1) is 20.9. The van der Waals surface area contributed by atoms with E-state index < -0.39 is 22.8 Å². The van der Waals surface area contributed by atoms with Crippen molar-refractivity contribution in [2.45, 2.75) is 6.18 Å². The fourth-order valence-electron chi connectivity index (χ4n) is 2.36. The van der Waals surface area contributed by atoms with Crippen molar-refractivity contribution in [3.05, 3.63) is 53.9 Å². The molecular weight excluding hydrogens is 427 g/mol. The third-order valence-electron chi connectivity index (χ3n) is 3.51. The molecule has 2 N–H and O–H groups in total. The van der Waals surface area contributed by atoms with Gasteiger partial charge in [0.05, 0.1) is 17.6 Å². The molecule has 3 rings (SSSR count). The summed E-state index contributed by atoms with van der Waals surface area (Å²) in [5.41, 5.74) is 2.19. The van der Waals surface area contributed by atoms with Crippen molar-refractivity contribution in [3.63, 3.8) is 0 Å². The molecule has 0 unspecified atom stereocenters. The van der Waals surface area contributed by atoms with Gasteiger partial charge in [-0.05, 0) is 24.3 Å². The Morgan fingerprint density at radius 1 is 1.10 bits per heavy atom. The number of rotatable bonds is 7. The van der Waals surface area contributed by atoms with Gasteiger partial charge >= 0.3 is 6.18 Å². The predicted molar refractivity (Wildman–Crippen MR) is 107 cm³/mol. The molecule has 6 nitrogen and oxygen atoms in total. The fourth-order valence-corrected chi connectivity index (χ4v) is 3.65. The van der Waals surface area contributed by atoms with Gasteiger partial charge in [-0.1, -0.05) is 24.3 Å². The summed E-state index contributed by atoms with van der Waals surface area (Å²) in [6.07, 6.45) is -3.37. The lowest BCUT2D eigenvalue weighted by Crippen LogP contribution is -2.19. The van der Waals surface area contributed by atoms with Crippen LogP contribution in [0, 0.1) is 0 Å². The molecule has 0 radical (unpaired) electrons. The Kier molecular flexibility index (Phi) is 5.99. The van der Waals surface area contributed by atoms with E-state index in [1.54, 1.807) is 47.8 Å². The Bertz CT molecular complexity index is 1080. The summed E-state index contributed by atoms with van der Waals surface area (Å²) in [5.74, 6) is 0.0674. The van der Waals surface area contributed by atoms with Crippen LogP contribution in [-0.4, -0.2) is 32.4 Å². The summed E-state index contributed by atoms with van der Waals surface area (Å²) in [6, 6.07) is 12.9. The molecule has 11 heteroatoms. The molecule has 0 saturated heterocycles. The van der Waals surface area contributed by atoms with Gasteiger partial charge in [0.2, 0.25) is 10.0 Å². The summed E-state index contributed by atoms with van der Waals surface area (Å²) in [5, 5.41) is 5.22. The van der Waals surface area contributed by atoms with Gasteiger partial charge in [-0.15, -0.1) is 11.3 Å². The second-order valence-electron chi connectivity index (χ2n) is 6.01. The second-order valence-corrected chi connectivity index (χ2v) is 8.62. The van der Waals surface area contributed by atoms with Crippen LogP contribution in [0.25, 0.3) is 11.3 Å². The monoisotopic (exact) mass is 443 g/mol. The molecule has 2 aromatic carbocycles. The van der Waals surface area contributed by atoms with Crippen LogP contribution in [0.4, 0.5) is 29.7 Å². The molecule has 0 aliphatic rings. The van der Waals surface area contributed by atoms with Crippen molar-refractivity contribution in [1.29, 1.82) is 0 Å². The number of hydrogen-bond acceptors (Lipinski definition) is 6. The number of benzene rings is 2. The first-order chi connectivity index (χ1) is 13.6. The summed E-state index contributed by atoms with van der Waals surface area (Å²) in [7, 11) is -3.36. The molecule has 0 atom stereocenters. The van der Waals surface area contributed by atoms with Crippen molar-refractivity contribution < 1.29 is 26.3 Å². The first-order valence-electron chi connectivity index (χ1n) is 8.18. The highest BCUT2D eigenvalue weighted by Gasteiger charge is 2.28. The number of ether oxygens (including phenoxy) is 1. The van der Waals surface area contributed by atoms with E-state index in [1.165, 1.54) is 17.4 Å². The van der Waals surface area contributed by atoms with E-state index in [4.69, 9.17) is 4.74 Å². The topological polar surface area (TPSA) is 80.3 Å². The lowest BCUT2D eigenvalue weighted by molar-refractivity contribution is -0.153. The molecular formula is C18H16F3N3O3S2. The van der Waals surface area contributed by atoms with Crippen LogP contribution in [0.1, 0.15) is 0 Å². The molecule has 154 valence electrons. The maximum atomic E-state index is 12.4. The molecule has 0 aliphatic carbocycles. The Morgan fingerprint density at radius 2 is 1.79 bits per heavy atom. The van der Waals surface area contributed by atoms with E-state index in [-0.39, 0.29) is 5.75 Å². The van der Waals surface area contributed by atoms with Crippen LogP contribution in [0.15, 0.2) is 53.9 Å². The number of aromatic nitrogens is 1. The zero-order chi connectivity index (χ0) is 21.1. The standard InChI is InChI=1S/C18H16F3N3O3S2/c1-29(25,26)24-13-8-6-12(7-9-13)15-10-28-17(23-15)22-14-4-2-3-5-16(14)27-11-18(19,20)21/h2-10,24H,11H2,1H3,(H,22,23). The van der Waals surface area contributed by atoms with Crippen LogP contribution in [0.2, 0.25) is 0 Å². The zero-order valence-electron chi connectivity index (χ0n) is 15.0. The third kappa shape index (κ3) is 6.36. The third-order valence-corrected chi connectivity index (χ3v) is 4.87. The van der Waals surface area contributed by atoms with E-state index in [1.807, 2.05) is 0 Å². The summed E-state index contributed by atoms with van der Waals surface area (Å²) in [4.78, 5) is 4.42. The van der Waals surface area contributed by atoms with E-state index in [0.29, 0.717) is 22.2 Å². The quantitative estimate of drug-likeness (QED) is 0.545. The molecule has 0 aliphatic heterocycles. The minimum absolute atomic E-state index is 0.0674. The Balaban J connectivity index is 1.73. The average Bonchev–Trinajstić information content (AvgIpc) is 3.08. The highest BCUT2D eigenvalue weighted by atomic mass is 32.2. The van der Waals surface area contributed by atoms with Gasteiger partial charge < -0.3 is 10.1 Å². The van der Waals surface area contributed by atoms with Gasteiger partial charge in [0.15, 0.2) is 11.7 Å². The van der Waals surface area contributed by atoms with E-state index in [0.717, 1.165) is 11.8 Å². The molecule has 1 aromatic heterocycles. The number of hydrogen-bond donors (Lipinski definition) is 2. The Morgan fingerprint density at radius 3 is 2.45 bits per heavy atom. The highest BCUT2D eigenvalue weighted by molar-refractivity contribution is 7.92. The van der Waals surface area contributed by atoms with Gasteiger partial charge in [-0.2, -0.15) is 13.2 Å². The number of nitrogens with zero attached hydrogens (tertiary/aromatic N) is 1. The van der Waals surface area contributed by atoms with Crippen molar-refractivity contribution in [3.8, 4) is 17.0 Å². The molecule has 3 aromatic rings. The van der Waals surface area contributed by atoms with Gasteiger partial charge in [0, 0.05) is 16.6 Å². The lowest BCUT2D eigenvalue weighted by Gasteiger charge is -2.13. The van der Waals surface area contributed by atoms with Crippen LogP contribution in [-0.2, 0) is 10.0 Å². The van der Waals surface area contributed by atoms with Crippen LogP contribution in [0.5, 0.6) is 5.75 Å². The number of halogens is 3. The normalized spacial score (nSPS) is 11.9. The highest BCUT2D eigenvalue weighted by Crippen LogP contribution is 2.32. The number of para-hydroxylation sites is 2. The minimum atomic E-state index is -4.43. The van der Waals surface area contributed by atoms with Crippen molar-refractivity contribution in [2.24, 2.45) is 0 Å². The number of sulfonamides is 1. The molecule has 0 amide bonds. The maximum Gasteiger partial charge on any atom is 0.422 e. The molecule has 0 fully saturated rings. The summed E-state index contributed by atoms with van der Waals surface area (Å²) in [6.45, 7) is -1.39. The molecule has 0 spiro atoms. The predicted octanol–water partition coefficient (Wildman–Crippen LogP) is 4.87. The average molecular weight is 443 g/mol. The number of anilines is 3. The molecule has 0 bridgehead atoms. The van der Waals surface area contributed by atoms with E-state index in [2.05, 4.69) is 15.0 Å². The molecule has 0 saturated carbocycles. The Hall–Kier alpha value is -2.79. The largest absolute Gasteiger partial charge is 0.482 e. The smallest absolute Gasteiger partial charge is 0.422 e. The maximum absolute atomic E-state index is 12.4. The van der Waals surface area contributed by atoms with E-state index >= 15 is 0 Å². The molecule has 1 heterocycles. The van der Waals surface area contributed by atoms with Gasteiger partial charge in [-0.3, -0.25) is 4.72 Å². The van der Waals surface area contributed by atoms with Gasteiger partial charge in [0.25, 0.3) is 0 Å². The Labute approximate surface area is 169 Å². The van der Waals surface area contributed by atoms with Crippen LogP contribution in [0.3, 0.4) is 0 Å². The number of thiazole rings is 1. The zero-order valence-corrected chi connectivity index (χ0v) is 16.7. The fraction of sp³-hybridized carbons (Fsp3) is 0.167. The summed E-state index contributed by atoms with van der Waals surface area (Å²) < 4.78 is 67.0. The van der Waals surface area contributed by atoms with Gasteiger partial charge in [-0.25, -0.2) is 13.4 Å².